The number of ether oxygens (including phenoxy) is 1. The molecular formula is C15H10ClF3N4OS. The minimum Gasteiger partial charge on any atom is -0.435 e. The summed E-state index contributed by atoms with van der Waals surface area (Å²) in [6, 6.07) is 7.25. The highest BCUT2D eigenvalue weighted by Gasteiger charge is 2.31. The molecule has 0 aliphatic heterocycles. The van der Waals surface area contributed by atoms with Gasteiger partial charge in [0.15, 0.2) is 17.1 Å². The van der Waals surface area contributed by atoms with Crippen molar-refractivity contribution in [1.82, 2.24) is 10.3 Å². The summed E-state index contributed by atoms with van der Waals surface area (Å²) in [5.41, 5.74) is -0.619. The van der Waals surface area contributed by atoms with Crippen molar-refractivity contribution in [3.05, 3.63) is 47.1 Å². The Kier molecular flexibility index (Phi) is 6.12. The first-order valence-electron chi connectivity index (χ1n) is 6.62. The van der Waals surface area contributed by atoms with E-state index >= 15 is 0 Å². The average molecular weight is 387 g/mol. The van der Waals surface area contributed by atoms with E-state index in [1.807, 2.05) is 0 Å². The molecule has 0 radical (unpaired) electrons. The lowest BCUT2D eigenvalue weighted by molar-refractivity contribution is -0.137. The molecule has 25 heavy (non-hydrogen) atoms. The van der Waals surface area contributed by atoms with Crippen molar-refractivity contribution in [1.29, 1.82) is 5.26 Å². The number of hydrogen-bond acceptors (Lipinski definition) is 5. The van der Waals surface area contributed by atoms with Gasteiger partial charge in [-0.05, 0) is 24.5 Å². The summed E-state index contributed by atoms with van der Waals surface area (Å²) in [6.45, 7) is 0. The van der Waals surface area contributed by atoms with Gasteiger partial charge in [0, 0.05) is 6.20 Å². The molecule has 0 aliphatic rings. The molecule has 130 valence electrons. The largest absolute Gasteiger partial charge is 0.435 e. The number of para-hydroxylation sites is 2. The van der Waals surface area contributed by atoms with E-state index in [2.05, 4.69) is 15.3 Å². The van der Waals surface area contributed by atoms with Gasteiger partial charge in [0.1, 0.15) is 10.7 Å². The highest BCUT2D eigenvalue weighted by molar-refractivity contribution is 8.13. The number of nitrogens with one attached hydrogen (secondary N) is 1. The lowest BCUT2D eigenvalue weighted by Gasteiger charge is -2.11. The van der Waals surface area contributed by atoms with Crippen LogP contribution < -0.4 is 10.1 Å². The quantitative estimate of drug-likeness (QED) is 0.349. The molecule has 0 atom stereocenters. The van der Waals surface area contributed by atoms with E-state index in [9.17, 15) is 13.2 Å². The maximum atomic E-state index is 12.7. The van der Waals surface area contributed by atoms with Crippen LogP contribution in [0.2, 0.25) is 5.02 Å². The summed E-state index contributed by atoms with van der Waals surface area (Å²) in [7, 11) is 0. The minimum absolute atomic E-state index is 0.184. The number of thioether (sulfide) groups is 1. The van der Waals surface area contributed by atoms with E-state index in [0.29, 0.717) is 17.1 Å². The average Bonchev–Trinajstić information content (AvgIpc) is 2.56. The number of aliphatic imine (C=N–C) groups is 1. The molecule has 0 aliphatic carbocycles. The molecule has 5 nitrogen and oxygen atoms in total. The summed E-state index contributed by atoms with van der Waals surface area (Å²) in [6.07, 6.45) is -0.433. The minimum atomic E-state index is -4.55. The van der Waals surface area contributed by atoms with Crippen molar-refractivity contribution in [2.24, 2.45) is 4.99 Å². The molecule has 0 saturated carbocycles. The normalized spacial score (nSPS) is 11.8. The van der Waals surface area contributed by atoms with E-state index in [0.717, 1.165) is 6.07 Å². The number of hydrogen-bond donors (Lipinski definition) is 1. The molecule has 0 spiro atoms. The molecule has 0 amide bonds. The van der Waals surface area contributed by atoms with Gasteiger partial charge in [-0.3, -0.25) is 5.32 Å². The van der Waals surface area contributed by atoms with Crippen LogP contribution >= 0.6 is 23.4 Å². The number of rotatable bonds is 3. The van der Waals surface area contributed by atoms with Gasteiger partial charge in [-0.15, -0.1) is 0 Å². The van der Waals surface area contributed by atoms with E-state index < -0.39 is 11.7 Å². The molecular weight excluding hydrogens is 377 g/mol. The second-order valence-corrected chi connectivity index (χ2v) is 5.64. The van der Waals surface area contributed by atoms with Crippen molar-refractivity contribution in [3.63, 3.8) is 0 Å². The number of nitrogens with zero attached hydrogens (tertiary/aromatic N) is 3. The van der Waals surface area contributed by atoms with Crippen LogP contribution in [0.25, 0.3) is 0 Å². The highest BCUT2D eigenvalue weighted by atomic mass is 35.5. The molecule has 0 unspecified atom stereocenters. The first-order chi connectivity index (χ1) is 11.8. The molecule has 2 rings (SSSR count). The molecule has 1 aromatic carbocycles. The summed E-state index contributed by atoms with van der Waals surface area (Å²) >= 11 is 7.04. The van der Waals surface area contributed by atoms with Crippen LogP contribution in [0, 0.1) is 11.5 Å². The predicted octanol–water partition coefficient (Wildman–Crippen LogP) is 4.97. The van der Waals surface area contributed by atoms with Crippen molar-refractivity contribution in [3.8, 4) is 17.8 Å². The first kappa shape index (κ1) is 18.9. The number of aromatic nitrogens is 1. The fraction of sp³-hybridized carbons (Fsp3) is 0.133. The number of pyridine rings is 1. The smallest absolute Gasteiger partial charge is 0.417 e. The van der Waals surface area contributed by atoms with Gasteiger partial charge < -0.3 is 4.74 Å². The van der Waals surface area contributed by atoms with Gasteiger partial charge in [0.25, 0.3) is 0 Å². The Bertz CT molecular complexity index is 836. The number of nitriles is 1. The fourth-order valence-corrected chi connectivity index (χ4v) is 2.22. The third-order valence-electron chi connectivity index (χ3n) is 2.78. The van der Waals surface area contributed by atoms with Crippen LogP contribution in [0.4, 0.5) is 18.9 Å². The van der Waals surface area contributed by atoms with E-state index in [1.165, 1.54) is 11.8 Å². The second kappa shape index (κ2) is 8.09. The Balaban J connectivity index is 2.34. The lowest BCUT2D eigenvalue weighted by Crippen LogP contribution is -2.12. The van der Waals surface area contributed by atoms with Gasteiger partial charge in [-0.2, -0.15) is 18.4 Å². The predicted molar refractivity (Wildman–Crippen MR) is 90.1 cm³/mol. The van der Waals surface area contributed by atoms with E-state index in [1.54, 1.807) is 36.7 Å². The van der Waals surface area contributed by atoms with Crippen molar-refractivity contribution in [2.75, 3.05) is 6.26 Å². The van der Waals surface area contributed by atoms with E-state index in [-0.39, 0.29) is 16.7 Å². The number of benzene rings is 1. The summed E-state index contributed by atoms with van der Waals surface area (Å²) in [5, 5.41) is 11.1. The third-order valence-corrected chi connectivity index (χ3v) is 3.64. The summed E-state index contributed by atoms with van der Waals surface area (Å²) < 4.78 is 43.5. The zero-order valence-corrected chi connectivity index (χ0v) is 14.2. The van der Waals surface area contributed by atoms with Crippen LogP contribution in [-0.4, -0.2) is 16.4 Å². The lowest BCUT2D eigenvalue weighted by atomic mass is 10.3. The van der Waals surface area contributed by atoms with Gasteiger partial charge in [-0.25, -0.2) is 9.98 Å². The van der Waals surface area contributed by atoms with Crippen LogP contribution in [-0.2, 0) is 6.18 Å². The maximum Gasteiger partial charge on any atom is 0.417 e. The van der Waals surface area contributed by atoms with Gasteiger partial charge in [-0.1, -0.05) is 35.5 Å². The molecule has 10 heteroatoms. The van der Waals surface area contributed by atoms with E-state index in [4.69, 9.17) is 21.6 Å². The number of amidine groups is 1. The monoisotopic (exact) mass is 386 g/mol. The Morgan fingerprint density at radius 2 is 2.12 bits per heavy atom. The van der Waals surface area contributed by atoms with Gasteiger partial charge >= 0.3 is 6.18 Å². The fourth-order valence-electron chi connectivity index (χ4n) is 1.68. The summed E-state index contributed by atoms with van der Waals surface area (Å²) in [5.74, 6) is 0.0409. The Morgan fingerprint density at radius 3 is 2.72 bits per heavy atom. The van der Waals surface area contributed by atoms with Crippen molar-refractivity contribution >= 4 is 34.2 Å². The number of halogens is 4. The third kappa shape index (κ3) is 5.01. The first-order valence-corrected chi connectivity index (χ1v) is 8.23. The highest BCUT2D eigenvalue weighted by Crippen LogP contribution is 2.37. The van der Waals surface area contributed by atoms with Crippen molar-refractivity contribution in [2.45, 2.75) is 6.18 Å². The molecule has 1 aromatic heterocycles. The molecule has 2 aromatic rings. The molecule has 0 saturated heterocycles. The SMILES string of the molecule is CSC(=Nc1ccccc1Oc1ncc(C(F)(F)F)cc1Cl)NC#N. The maximum absolute atomic E-state index is 12.7. The molecule has 0 bridgehead atoms. The number of alkyl halides is 3. The molecule has 0 fully saturated rings. The Hall–Kier alpha value is -2.44. The van der Waals surface area contributed by atoms with Crippen LogP contribution in [0.1, 0.15) is 5.56 Å². The Labute approximate surface area is 150 Å². The van der Waals surface area contributed by atoms with Crippen LogP contribution in [0.15, 0.2) is 41.5 Å². The van der Waals surface area contributed by atoms with Crippen LogP contribution in [0.3, 0.4) is 0 Å². The van der Waals surface area contributed by atoms with Gasteiger partial charge in [0.2, 0.25) is 5.88 Å². The zero-order valence-electron chi connectivity index (χ0n) is 12.6. The molecule has 1 heterocycles. The Morgan fingerprint density at radius 1 is 1.40 bits per heavy atom. The van der Waals surface area contributed by atoms with Crippen molar-refractivity contribution < 1.29 is 17.9 Å². The zero-order chi connectivity index (χ0) is 18.4. The molecule has 1 N–H and O–H groups in total. The standard InChI is InChI=1S/C15H10ClF3N4OS/c1-25-14(22-8-20)23-11-4-2-3-5-12(11)24-13-10(16)6-9(7-21-13)15(17,18)19/h2-7H,1H3,(H,22,23). The van der Waals surface area contributed by atoms with Crippen LogP contribution in [0.5, 0.6) is 11.6 Å². The second-order valence-electron chi connectivity index (χ2n) is 4.44. The topological polar surface area (TPSA) is 70.3 Å². The van der Waals surface area contributed by atoms with Gasteiger partial charge in [0.05, 0.1) is 5.56 Å². The summed E-state index contributed by atoms with van der Waals surface area (Å²) in [4.78, 5) is 7.84.